The quantitative estimate of drug-likeness (QED) is 0.123. The fourth-order valence-electron chi connectivity index (χ4n) is 1.17. The average Bonchev–Trinajstić information content (AvgIpc) is 2.58. The van der Waals surface area contributed by atoms with E-state index in [2.05, 4.69) is 0 Å². The maximum Gasteiger partial charge on any atom is 2.00 e. The zero-order valence-corrected chi connectivity index (χ0v) is 23.5. The van der Waals surface area contributed by atoms with E-state index in [9.17, 15) is 0 Å². The molecule has 0 aromatic heterocycles. The summed E-state index contributed by atoms with van der Waals surface area (Å²) in [6.07, 6.45) is 0. The monoisotopic (exact) mass is 622 g/mol. The van der Waals surface area contributed by atoms with Crippen LogP contribution in [0.4, 0.5) is 0 Å². The largest absolute Gasteiger partial charge is 2.00 e. The van der Waals surface area contributed by atoms with Gasteiger partial charge in [-0.15, -0.1) is 9.79 Å². The third-order valence-corrected chi connectivity index (χ3v) is 8.16. The van der Waals surface area contributed by atoms with E-state index < -0.39 is 0 Å². The average molecular weight is 628 g/mol. The van der Waals surface area contributed by atoms with Crippen molar-refractivity contribution in [3.8, 4) is 0 Å². The van der Waals surface area contributed by atoms with Gasteiger partial charge in [0.1, 0.15) is 0 Å². The molecule has 2 rings (SSSR count). The molecular weight excluding hydrogens is 628 g/mol. The predicted molar refractivity (Wildman–Crippen MR) is 114 cm³/mol. The Morgan fingerprint density at radius 3 is 0.600 bits per heavy atom. The van der Waals surface area contributed by atoms with Gasteiger partial charge < -0.3 is 25.3 Å². The van der Waals surface area contributed by atoms with Crippen molar-refractivity contribution < 1.29 is 19.5 Å². The van der Waals surface area contributed by atoms with Crippen molar-refractivity contribution in [3.05, 3.63) is 50.2 Å². The first-order valence-electron chi connectivity index (χ1n) is 5.30. The maximum absolute atomic E-state index is 5.70. The van der Waals surface area contributed by atoms with E-state index in [1.165, 1.54) is 0 Å². The van der Waals surface area contributed by atoms with Crippen molar-refractivity contribution in [3.63, 3.8) is 0 Å². The second-order valence-electron chi connectivity index (χ2n) is 3.80. The Bertz CT molecular complexity index is 534. The third kappa shape index (κ3) is 6.19. The van der Waals surface area contributed by atoms with Crippen LogP contribution in [0.1, 0.15) is 0 Å². The molecule has 0 fully saturated rings. The Labute approximate surface area is 218 Å². The first kappa shape index (κ1) is 27.4. The van der Waals surface area contributed by atoms with Gasteiger partial charge in [0.25, 0.3) is 0 Å². The van der Waals surface area contributed by atoms with E-state index >= 15 is 0 Å². The molecule has 0 bridgehead atoms. The van der Waals surface area contributed by atoms with Gasteiger partial charge in [-0.25, -0.2) is 0 Å². The summed E-state index contributed by atoms with van der Waals surface area (Å²) in [6.45, 7) is 0. The van der Waals surface area contributed by atoms with Gasteiger partial charge in [-0.1, -0.05) is 116 Å². The van der Waals surface area contributed by atoms with E-state index in [0.717, 1.165) is 0 Å². The van der Waals surface area contributed by atoms with Crippen molar-refractivity contribution in [2.75, 3.05) is 0 Å². The summed E-state index contributed by atoms with van der Waals surface area (Å²) in [5.74, 6) is 0. The second kappa shape index (κ2) is 11.6. The molecular formula is C12Cl10S2Zn. The Hall–Kier alpha value is 2.40. The summed E-state index contributed by atoms with van der Waals surface area (Å²) < 4.78 is 0. The summed E-state index contributed by atoms with van der Waals surface area (Å²) in [5.41, 5.74) is 0. The first-order chi connectivity index (χ1) is 10.9. The van der Waals surface area contributed by atoms with Crippen LogP contribution in [0, 0.1) is 0 Å². The van der Waals surface area contributed by atoms with Gasteiger partial charge in [0, 0.05) is 20.1 Å². The van der Waals surface area contributed by atoms with Gasteiger partial charge in [0.2, 0.25) is 0 Å². The fraction of sp³-hybridized carbons (Fsp3) is 0. The van der Waals surface area contributed by atoms with Crippen molar-refractivity contribution in [2.45, 2.75) is 9.79 Å². The molecule has 2 aromatic rings. The summed E-state index contributed by atoms with van der Waals surface area (Å²) in [7, 11) is 0. The molecule has 0 aliphatic rings. The van der Waals surface area contributed by atoms with Gasteiger partial charge in [0.05, 0.1) is 30.1 Å². The molecule has 0 unspecified atom stereocenters. The first-order valence-corrected chi connectivity index (χ1v) is 9.89. The minimum Gasteiger partial charge on any atom is -0.777 e. The normalized spacial score (nSPS) is 10.0. The third-order valence-electron chi connectivity index (χ3n) is 2.34. The zero-order chi connectivity index (χ0) is 18.9. The van der Waals surface area contributed by atoms with Crippen LogP contribution >= 0.6 is 116 Å². The number of rotatable bonds is 0. The molecule has 0 spiro atoms. The van der Waals surface area contributed by atoms with Crippen LogP contribution in [0.2, 0.25) is 50.2 Å². The van der Waals surface area contributed by atoms with Crippen LogP contribution in [0.3, 0.4) is 0 Å². The van der Waals surface area contributed by atoms with Gasteiger partial charge in [-0.3, -0.25) is 0 Å². The summed E-state index contributed by atoms with van der Waals surface area (Å²) in [4.78, 5) is 0.440. The molecule has 25 heavy (non-hydrogen) atoms. The summed E-state index contributed by atoms with van der Waals surface area (Å²) >= 11 is 66.6. The molecule has 0 amide bonds. The van der Waals surface area contributed by atoms with Crippen LogP contribution in [0.5, 0.6) is 0 Å². The van der Waals surface area contributed by atoms with Crippen LogP contribution in [-0.2, 0) is 44.7 Å². The van der Waals surface area contributed by atoms with Crippen LogP contribution < -0.4 is 0 Å². The Morgan fingerprint density at radius 1 is 0.320 bits per heavy atom. The maximum atomic E-state index is 5.70. The van der Waals surface area contributed by atoms with Crippen molar-refractivity contribution in [1.29, 1.82) is 0 Å². The van der Waals surface area contributed by atoms with Crippen LogP contribution in [0.15, 0.2) is 9.79 Å². The molecule has 0 saturated carbocycles. The minimum atomic E-state index is 0. The standard InChI is InChI=1S/2C6HCl5S.Zn/c2*7-1-2(8)4(10)6(12)5(11)3(1)9;/h2*12H;/q;;+2/p-2. The summed E-state index contributed by atoms with van der Waals surface area (Å²) in [5, 5.41) is 1.43. The van der Waals surface area contributed by atoms with E-state index in [4.69, 9.17) is 141 Å². The molecule has 0 heterocycles. The van der Waals surface area contributed by atoms with Crippen molar-refractivity contribution >= 4 is 141 Å². The van der Waals surface area contributed by atoms with E-state index in [0.29, 0.717) is 0 Å². The second-order valence-corrected chi connectivity index (χ2v) is 8.39. The molecule has 2 aromatic carbocycles. The fourth-order valence-corrected chi connectivity index (χ4v) is 4.08. The Balaban J connectivity index is 0.000000443. The van der Waals surface area contributed by atoms with Gasteiger partial charge in [-0.05, 0) is 0 Å². The number of benzene rings is 2. The molecule has 0 aliphatic carbocycles. The smallest absolute Gasteiger partial charge is 0.777 e. The Morgan fingerprint density at radius 2 is 0.440 bits per heavy atom. The molecule has 0 nitrogen and oxygen atoms in total. The topological polar surface area (TPSA) is 0 Å². The van der Waals surface area contributed by atoms with Gasteiger partial charge >= 0.3 is 19.5 Å². The van der Waals surface area contributed by atoms with E-state index in [-0.39, 0.29) is 79.5 Å². The molecule has 0 N–H and O–H groups in total. The van der Waals surface area contributed by atoms with Gasteiger partial charge in [-0.2, -0.15) is 0 Å². The van der Waals surface area contributed by atoms with Crippen molar-refractivity contribution in [2.24, 2.45) is 0 Å². The SMILES string of the molecule is [S-]c1c(Cl)c(Cl)c(Cl)c(Cl)c1Cl.[S-]c1c(Cl)c(Cl)c(Cl)c(Cl)c1Cl.[Zn+2]. The molecule has 0 radical (unpaired) electrons. The minimum absolute atomic E-state index is 0. The van der Waals surface area contributed by atoms with E-state index in [1.54, 1.807) is 0 Å². The van der Waals surface area contributed by atoms with E-state index in [1.807, 2.05) is 0 Å². The molecule has 0 aliphatic heterocycles. The Kier molecular flexibility index (Phi) is 12.7. The molecule has 132 valence electrons. The number of halogens is 10. The van der Waals surface area contributed by atoms with Crippen LogP contribution in [0.25, 0.3) is 0 Å². The number of hydrogen-bond acceptors (Lipinski definition) is 2. The molecule has 0 saturated heterocycles. The molecule has 0 atom stereocenters. The zero-order valence-electron chi connectivity index (χ0n) is 11.3. The molecule has 13 heteroatoms. The van der Waals surface area contributed by atoms with Crippen LogP contribution in [-0.4, -0.2) is 0 Å². The number of hydrogen-bond donors (Lipinski definition) is 0. The van der Waals surface area contributed by atoms with Gasteiger partial charge in [0.15, 0.2) is 0 Å². The summed E-state index contributed by atoms with van der Waals surface area (Å²) in [6, 6.07) is 0. The van der Waals surface area contributed by atoms with Crippen molar-refractivity contribution in [1.82, 2.24) is 0 Å². The predicted octanol–water partition coefficient (Wildman–Crippen LogP) is 9.72.